The molecular formula is C18H23NO3. The van der Waals surface area contributed by atoms with E-state index in [0.717, 1.165) is 25.7 Å². The van der Waals surface area contributed by atoms with Crippen molar-refractivity contribution in [2.75, 3.05) is 6.54 Å². The van der Waals surface area contributed by atoms with E-state index in [1.54, 1.807) is 0 Å². The predicted molar refractivity (Wildman–Crippen MR) is 83.7 cm³/mol. The average molecular weight is 301 g/mol. The van der Waals surface area contributed by atoms with Gasteiger partial charge in [0, 0.05) is 18.9 Å². The first kappa shape index (κ1) is 15.1. The standard InChI is InChI=1S/C18H23NO3/c20-16(11-18(17(21)22)9-4-10-18)19-12-14-7-3-6-13-5-1-2-8-15(13)14/h1-2,5,8,14H,3-4,6-7,9-12H2,(H,19,20)(H,21,22). The van der Waals surface area contributed by atoms with Crippen LogP contribution >= 0.6 is 0 Å². The van der Waals surface area contributed by atoms with Crippen molar-refractivity contribution in [2.45, 2.75) is 50.9 Å². The molecule has 1 amide bonds. The number of aryl methyl sites for hydroxylation is 1. The number of nitrogens with one attached hydrogen (secondary N) is 1. The summed E-state index contributed by atoms with van der Waals surface area (Å²) in [4.78, 5) is 23.5. The molecule has 0 aliphatic heterocycles. The maximum atomic E-state index is 12.1. The lowest BCUT2D eigenvalue weighted by Crippen LogP contribution is -2.43. The molecule has 4 nitrogen and oxygen atoms in total. The number of aliphatic carboxylic acids is 1. The molecule has 0 heterocycles. The van der Waals surface area contributed by atoms with E-state index in [2.05, 4.69) is 23.5 Å². The third kappa shape index (κ3) is 2.87. The molecule has 2 aliphatic rings. The second-order valence-electron chi connectivity index (χ2n) is 6.71. The van der Waals surface area contributed by atoms with E-state index in [9.17, 15) is 14.7 Å². The molecule has 4 heteroatoms. The minimum atomic E-state index is -0.822. The molecule has 22 heavy (non-hydrogen) atoms. The van der Waals surface area contributed by atoms with E-state index in [0.29, 0.717) is 25.3 Å². The van der Waals surface area contributed by atoms with Crippen molar-refractivity contribution in [3.05, 3.63) is 35.4 Å². The van der Waals surface area contributed by atoms with Crippen LogP contribution in [0.5, 0.6) is 0 Å². The number of hydrogen-bond donors (Lipinski definition) is 2. The Labute approximate surface area is 130 Å². The molecule has 1 aromatic rings. The van der Waals surface area contributed by atoms with Crippen molar-refractivity contribution < 1.29 is 14.7 Å². The van der Waals surface area contributed by atoms with Gasteiger partial charge in [-0.3, -0.25) is 9.59 Å². The highest BCUT2D eigenvalue weighted by Crippen LogP contribution is 2.44. The Morgan fingerprint density at radius 3 is 2.68 bits per heavy atom. The van der Waals surface area contributed by atoms with Gasteiger partial charge in [-0.05, 0) is 43.2 Å². The SMILES string of the molecule is O=C(CC1(C(=O)O)CCC1)NCC1CCCc2ccccc21. The van der Waals surface area contributed by atoms with Crippen LogP contribution in [0.15, 0.2) is 24.3 Å². The molecule has 0 aromatic heterocycles. The Bertz CT molecular complexity index is 577. The lowest BCUT2D eigenvalue weighted by Gasteiger charge is -2.37. The van der Waals surface area contributed by atoms with Crippen LogP contribution in [-0.2, 0) is 16.0 Å². The van der Waals surface area contributed by atoms with Crippen LogP contribution in [0.4, 0.5) is 0 Å². The van der Waals surface area contributed by atoms with Gasteiger partial charge in [-0.15, -0.1) is 0 Å². The first-order chi connectivity index (χ1) is 10.6. The summed E-state index contributed by atoms with van der Waals surface area (Å²) in [5, 5.41) is 12.3. The third-order valence-corrected chi connectivity index (χ3v) is 5.30. The molecule has 1 unspecified atom stereocenters. The fourth-order valence-electron chi connectivity index (χ4n) is 3.74. The average Bonchev–Trinajstić information content (AvgIpc) is 2.48. The van der Waals surface area contributed by atoms with E-state index in [4.69, 9.17) is 0 Å². The van der Waals surface area contributed by atoms with E-state index >= 15 is 0 Å². The normalized spacial score (nSPS) is 22.3. The Balaban J connectivity index is 1.57. The van der Waals surface area contributed by atoms with Crippen LogP contribution in [0.3, 0.4) is 0 Å². The zero-order valence-corrected chi connectivity index (χ0v) is 12.8. The summed E-state index contributed by atoms with van der Waals surface area (Å²) in [6.45, 7) is 0.617. The van der Waals surface area contributed by atoms with Gasteiger partial charge in [-0.1, -0.05) is 30.7 Å². The second-order valence-corrected chi connectivity index (χ2v) is 6.71. The number of amides is 1. The molecule has 0 spiro atoms. The second kappa shape index (κ2) is 6.11. The molecule has 3 rings (SSSR count). The van der Waals surface area contributed by atoms with Crippen molar-refractivity contribution in [1.82, 2.24) is 5.32 Å². The van der Waals surface area contributed by atoms with Crippen molar-refractivity contribution in [2.24, 2.45) is 5.41 Å². The smallest absolute Gasteiger partial charge is 0.310 e. The van der Waals surface area contributed by atoms with Gasteiger partial charge in [0.2, 0.25) is 5.91 Å². The van der Waals surface area contributed by atoms with Gasteiger partial charge in [0.05, 0.1) is 5.41 Å². The summed E-state index contributed by atoms with van der Waals surface area (Å²) < 4.78 is 0. The van der Waals surface area contributed by atoms with Crippen LogP contribution in [-0.4, -0.2) is 23.5 Å². The molecule has 2 aliphatic carbocycles. The summed E-state index contributed by atoms with van der Waals surface area (Å²) in [6, 6.07) is 8.42. The largest absolute Gasteiger partial charge is 0.481 e. The fourth-order valence-corrected chi connectivity index (χ4v) is 3.74. The highest BCUT2D eigenvalue weighted by atomic mass is 16.4. The molecule has 0 bridgehead atoms. The highest BCUT2D eigenvalue weighted by Gasteiger charge is 2.45. The van der Waals surface area contributed by atoms with Gasteiger partial charge in [-0.2, -0.15) is 0 Å². The van der Waals surface area contributed by atoms with Crippen molar-refractivity contribution in [3.63, 3.8) is 0 Å². The lowest BCUT2D eigenvalue weighted by molar-refractivity contribution is -0.157. The molecule has 118 valence electrons. The van der Waals surface area contributed by atoms with Gasteiger partial charge in [-0.25, -0.2) is 0 Å². The van der Waals surface area contributed by atoms with Crippen molar-refractivity contribution >= 4 is 11.9 Å². The quantitative estimate of drug-likeness (QED) is 0.879. The molecule has 1 aromatic carbocycles. The monoisotopic (exact) mass is 301 g/mol. The maximum Gasteiger partial charge on any atom is 0.310 e. The molecule has 1 saturated carbocycles. The fraction of sp³-hybridized carbons (Fsp3) is 0.556. The summed E-state index contributed by atoms with van der Waals surface area (Å²) in [7, 11) is 0. The molecule has 1 atom stereocenters. The Hall–Kier alpha value is -1.84. The highest BCUT2D eigenvalue weighted by molar-refractivity contribution is 5.85. The maximum absolute atomic E-state index is 12.1. The van der Waals surface area contributed by atoms with Crippen LogP contribution in [0.2, 0.25) is 0 Å². The molecule has 0 saturated heterocycles. The Kier molecular flexibility index (Phi) is 4.19. The third-order valence-electron chi connectivity index (χ3n) is 5.30. The van der Waals surface area contributed by atoms with Crippen LogP contribution in [0.1, 0.15) is 55.6 Å². The summed E-state index contributed by atoms with van der Waals surface area (Å²) in [5.41, 5.74) is 1.92. The topological polar surface area (TPSA) is 66.4 Å². The van der Waals surface area contributed by atoms with Gasteiger partial charge in [0.15, 0.2) is 0 Å². The van der Waals surface area contributed by atoms with E-state index in [1.807, 2.05) is 6.07 Å². The minimum absolute atomic E-state index is 0.120. The first-order valence-electron chi connectivity index (χ1n) is 8.19. The molecule has 1 fully saturated rings. The number of hydrogen-bond acceptors (Lipinski definition) is 2. The van der Waals surface area contributed by atoms with Crippen LogP contribution < -0.4 is 5.32 Å². The minimum Gasteiger partial charge on any atom is -0.481 e. The van der Waals surface area contributed by atoms with Crippen LogP contribution in [0, 0.1) is 5.41 Å². The van der Waals surface area contributed by atoms with Crippen molar-refractivity contribution in [1.29, 1.82) is 0 Å². The molecule has 2 N–H and O–H groups in total. The number of benzene rings is 1. The lowest BCUT2D eigenvalue weighted by atomic mass is 9.66. The zero-order valence-electron chi connectivity index (χ0n) is 12.8. The van der Waals surface area contributed by atoms with E-state index < -0.39 is 11.4 Å². The first-order valence-corrected chi connectivity index (χ1v) is 8.19. The van der Waals surface area contributed by atoms with Crippen LogP contribution in [0.25, 0.3) is 0 Å². The number of carbonyl (C=O) groups is 2. The summed E-state index contributed by atoms with van der Waals surface area (Å²) in [6.07, 6.45) is 5.64. The number of carboxylic acids is 1. The van der Waals surface area contributed by atoms with E-state index in [1.165, 1.54) is 11.1 Å². The van der Waals surface area contributed by atoms with Gasteiger partial charge >= 0.3 is 5.97 Å². The Morgan fingerprint density at radius 2 is 2.00 bits per heavy atom. The number of carbonyl (C=O) groups excluding carboxylic acids is 1. The molecule has 0 radical (unpaired) electrons. The van der Waals surface area contributed by atoms with Gasteiger partial charge in [0.1, 0.15) is 0 Å². The Morgan fingerprint density at radius 1 is 1.23 bits per heavy atom. The number of fused-ring (bicyclic) bond motifs is 1. The number of rotatable bonds is 5. The molecular weight excluding hydrogens is 278 g/mol. The van der Waals surface area contributed by atoms with E-state index in [-0.39, 0.29) is 12.3 Å². The van der Waals surface area contributed by atoms with Gasteiger partial charge in [0.25, 0.3) is 0 Å². The summed E-state index contributed by atoms with van der Waals surface area (Å²) in [5.74, 6) is -0.585. The van der Waals surface area contributed by atoms with Gasteiger partial charge < -0.3 is 10.4 Å². The van der Waals surface area contributed by atoms with Crippen molar-refractivity contribution in [3.8, 4) is 0 Å². The summed E-state index contributed by atoms with van der Waals surface area (Å²) >= 11 is 0. The predicted octanol–water partition coefficient (Wildman–Crippen LogP) is 2.87. The number of carboxylic acid groups (broad SMARTS) is 1. The zero-order chi connectivity index (χ0) is 15.6.